The number of nitrogen functional groups attached to an aromatic ring is 1. The number of halogens is 1. The van der Waals surface area contributed by atoms with E-state index in [9.17, 15) is 4.79 Å². The van der Waals surface area contributed by atoms with Crippen LogP contribution in [0.5, 0.6) is 5.75 Å². The van der Waals surface area contributed by atoms with Gasteiger partial charge in [0.2, 0.25) is 11.1 Å². The number of nitrogens with one attached hydrogen (secondary N) is 1. The lowest BCUT2D eigenvalue weighted by molar-refractivity contribution is -0.113. The molecule has 0 fully saturated rings. The Morgan fingerprint density at radius 2 is 2.11 bits per heavy atom. The maximum Gasteiger partial charge on any atom is 0.234 e. The number of thioether (sulfide) groups is 1. The summed E-state index contributed by atoms with van der Waals surface area (Å²) in [5.41, 5.74) is 2.39. The number of nitrogens with zero attached hydrogens (tertiary/aromatic N) is 3. The lowest BCUT2D eigenvalue weighted by atomic mass is 10.2. The number of carbonyl (C=O) groups is 1. The van der Waals surface area contributed by atoms with E-state index in [-0.39, 0.29) is 11.7 Å². The molecule has 9 heteroatoms. The molecule has 0 unspecified atom stereocenters. The molecule has 140 valence electrons. The summed E-state index contributed by atoms with van der Waals surface area (Å²) < 4.78 is 6.61. The van der Waals surface area contributed by atoms with Crippen LogP contribution in [0.2, 0.25) is 5.02 Å². The number of ether oxygens (including phenoxy) is 1. The lowest BCUT2D eigenvalue weighted by Crippen LogP contribution is -2.17. The third kappa shape index (κ3) is 4.53. The van der Waals surface area contributed by atoms with Gasteiger partial charge in [0, 0.05) is 10.6 Å². The van der Waals surface area contributed by atoms with E-state index >= 15 is 0 Å². The highest BCUT2D eigenvalue weighted by Gasteiger charge is 2.15. The molecule has 0 atom stereocenters. The van der Waals surface area contributed by atoms with Crippen molar-refractivity contribution in [3.8, 4) is 17.1 Å². The van der Waals surface area contributed by atoms with Gasteiger partial charge in [0.05, 0.1) is 18.6 Å². The molecule has 1 heterocycles. The average molecular weight is 404 g/mol. The number of benzene rings is 2. The van der Waals surface area contributed by atoms with E-state index in [1.165, 1.54) is 16.4 Å². The standard InChI is InChI=1S/C18H18ClN5O2S/c1-11-6-7-15(26-2)14(8-11)21-16(25)10-27-18-23-22-17(24(18)20)12-4-3-5-13(19)9-12/h3-9H,10,20H2,1-2H3,(H,21,25). The van der Waals surface area contributed by atoms with Crippen molar-refractivity contribution in [3.63, 3.8) is 0 Å². The van der Waals surface area contributed by atoms with E-state index in [1.54, 1.807) is 19.2 Å². The Morgan fingerprint density at radius 1 is 1.30 bits per heavy atom. The third-order valence-corrected chi connectivity index (χ3v) is 4.89. The monoisotopic (exact) mass is 403 g/mol. The van der Waals surface area contributed by atoms with Crippen LogP contribution in [0.1, 0.15) is 5.56 Å². The zero-order valence-electron chi connectivity index (χ0n) is 14.8. The summed E-state index contributed by atoms with van der Waals surface area (Å²) in [7, 11) is 1.56. The van der Waals surface area contributed by atoms with Crippen molar-refractivity contribution >= 4 is 35.0 Å². The number of hydrogen-bond donors (Lipinski definition) is 2. The van der Waals surface area contributed by atoms with E-state index < -0.39 is 0 Å². The van der Waals surface area contributed by atoms with Gasteiger partial charge in [-0.1, -0.05) is 41.6 Å². The maximum absolute atomic E-state index is 12.3. The smallest absolute Gasteiger partial charge is 0.234 e. The summed E-state index contributed by atoms with van der Waals surface area (Å²) >= 11 is 7.19. The van der Waals surface area contributed by atoms with E-state index in [0.29, 0.717) is 27.4 Å². The van der Waals surface area contributed by atoms with Gasteiger partial charge >= 0.3 is 0 Å². The fourth-order valence-corrected chi connectivity index (χ4v) is 3.28. The lowest BCUT2D eigenvalue weighted by Gasteiger charge is -2.10. The minimum Gasteiger partial charge on any atom is -0.495 e. The second-order valence-electron chi connectivity index (χ2n) is 5.73. The normalized spacial score (nSPS) is 10.6. The maximum atomic E-state index is 12.3. The molecule has 2 aromatic carbocycles. The SMILES string of the molecule is COc1ccc(C)cc1NC(=O)CSc1nnc(-c2cccc(Cl)c2)n1N. The second kappa shape index (κ2) is 8.32. The van der Waals surface area contributed by atoms with Gasteiger partial charge in [-0.2, -0.15) is 0 Å². The summed E-state index contributed by atoms with van der Waals surface area (Å²) in [5.74, 6) is 7.07. The zero-order chi connectivity index (χ0) is 19.4. The summed E-state index contributed by atoms with van der Waals surface area (Å²) in [4.78, 5) is 12.3. The third-order valence-electron chi connectivity index (χ3n) is 3.71. The van der Waals surface area contributed by atoms with Crippen LogP contribution < -0.4 is 15.9 Å². The minimum atomic E-state index is -0.198. The first-order chi connectivity index (χ1) is 13.0. The number of nitrogens with two attached hydrogens (primary N) is 1. The van der Waals surface area contributed by atoms with Crippen molar-refractivity contribution in [2.45, 2.75) is 12.1 Å². The number of methoxy groups -OCH3 is 1. The van der Waals surface area contributed by atoms with Crippen molar-refractivity contribution in [3.05, 3.63) is 53.1 Å². The van der Waals surface area contributed by atoms with Gasteiger partial charge in [-0.05, 0) is 36.8 Å². The van der Waals surface area contributed by atoms with E-state index in [4.69, 9.17) is 22.2 Å². The predicted octanol–water partition coefficient (Wildman–Crippen LogP) is 3.36. The molecule has 0 aliphatic rings. The van der Waals surface area contributed by atoms with Crippen LogP contribution in [-0.2, 0) is 4.79 Å². The number of aryl methyl sites for hydroxylation is 1. The predicted molar refractivity (Wildman–Crippen MR) is 108 cm³/mol. The van der Waals surface area contributed by atoms with Crippen LogP contribution in [0.3, 0.4) is 0 Å². The molecule has 27 heavy (non-hydrogen) atoms. The fourth-order valence-electron chi connectivity index (χ4n) is 2.44. The molecule has 0 saturated carbocycles. The van der Waals surface area contributed by atoms with Gasteiger partial charge in [0.1, 0.15) is 5.75 Å². The molecule has 0 aliphatic carbocycles. The van der Waals surface area contributed by atoms with Gasteiger partial charge in [0.15, 0.2) is 5.82 Å². The largest absolute Gasteiger partial charge is 0.495 e. The fraction of sp³-hybridized carbons (Fsp3) is 0.167. The molecule has 1 amide bonds. The molecule has 1 aromatic heterocycles. The Kier molecular flexibility index (Phi) is 5.88. The zero-order valence-corrected chi connectivity index (χ0v) is 16.3. The van der Waals surface area contributed by atoms with Crippen molar-refractivity contribution in [1.82, 2.24) is 14.9 Å². The van der Waals surface area contributed by atoms with Crippen molar-refractivity contribution in [1.29, 1.82) is 0 Å². The molecule has 0 bridgehead atoms. The van der Waals surface area contributed by atoms with Crippen LogP contribution >= 0.6 is 23.4 Å². The first-order valence-corrected chi connectivity index (χ1v) is 9.38. The van der Waals surface area contributed by atoms with Crippen molar-refractivity contribution in [2.24, 2.45) is 0 Å². The Balaban J connectivity index is 1.67. The molecule has 0 radical (unpaired) electrons. The number of anilines is 1. The summed E-state index contributed by atoms with van der Waals surface area (Å²) in [6.07, 6.45) is 0. The van der Waals surface area contributed by atoms with Crippen LogP contribution in [0.4, 0.5) is 5.69 Å². The van der Waals surface area contributed by atoms with Gasteiger partial charge in [-0.25, -0.2) is 4.68 Å². The van der Waals surface area contributed by atoms with Gasteiger partial charge in [-0.3, -0.25) is 4.79 Å². The molecule has 3 rings (SSSR count). The average Bonchev–Trinajstić information content (AvgIpc) is 3.01. The Morgan fingerprint density at radius 3 is 2.85 bits per heavy atom. The number of amides is 1. The molecule has 0 saturated heterocycles. The van der Waals surface area contributed by atoms with Gasteiger partial charge < -0.3 is 15.9 Å². The highest BCUT2D eigenvalue weighted by Crippen LogP contribution is 2.26. The van der Waals surface area contributed by atoms with Crippen molar-refractivity contribution < 1.29 is 9.53 Å². The van der Waals surface area contributed by atoms with Gasteiger partial charge in [0.25, 0.3) is 0 Å². The number of hydrogen-bond acceptors (Lipinski definition) is 6. The van der Waals surface area contributed by atoms with Crippen molar-refractivity contribution in [2.75, 3.05) is 24.0 Å². The Hall–Kier alpha value is -2.71. The highest BCUT2D eigenvalue weighted by molar-refractivity contribution is 7.99. The van der Waals surface area contributed by atoms with E-state index in [0.717, 1.165) is 11.1 Å². The number of carbonyl (C=O) groups excluding carboxylic acids is 1. The quantitative estimate of drug-likeness (QED) is 0.484. The topological polar surface area (TPSA) is 95.1 Å². The molecule has 0 aliphatic heterocycles. The second-order valence-corrected chi connectivity index (χ2v) is 7.11. The Labute approximate surface area is 165 Å². The molecular weight excluding hydrogens is 386 g/mol. The van der Waals surface area contributed by atoms with Crippen LogP contribution in [0.25, 0.3) is 11.4 Å². The molecule has 7 nitrogen and oxygen atoms in total. The van der Waals surface area contributed by atoms with Gasteiger partial charge in [-0.15, -0.1) is 10.2 Å². The Bertz CT molecular complexity index is 976. The molecular formula is C18H18ClN5O2S. The highest BCUT2D eigenvalue weighted by atomic mass is 35.5. The van der Waals surface area contributed by atoms with Crippen LogP contribution in [-0.4, -0.2) is 33.6 Å². The number of aromatic nitrogens is 3. The van der Waals surface area contributed by atoms with E-state index in [1.807, 2.05) is 37.3 Å². The molecule has 3 aromatic rings. The minimum absolute atomic E-state index is 0.127. The molecule has 0 spiro atoms. The first-order valence-electron chi connectivity index (χ1n) is 8.01. The first kappa shape index (κ1) is 19.1. The van der Waals surface area contributed by atoms with Crippen LogP contribution in [0, 0.1) is 6.92 Å². The summed E-state index contributed by atoms with van der Waals surface area (Å²) in [6, 6.07) is 12.7. The van der Waals surface area contributed by atoms with Crippen LogP contribution in [0.15, 0.2) is 47.6 Å². The summed E-state index contributed by atoms with van der Waals surface area (Å²) in [5, 5.41) is 12.0. The summed E-state index contributed by atoms with van der Waals surface area (Å²) in [6.45, 7) is 1.94. The molecule has 3 N–H and O–H groups in total. The number of rotatable bonds is 6. The van der Waals surface area contributed by atoms with E-state index in [2.05, 4.69) is 15.5 Å².